The van der Waals surface area contributed by atoms with Crippen LogP contribution in [0.3, 0.4) is 0 Å². The van der Waals surface area contributed by atoms with E-state index in [0.717, 1.165) is 0 Å². The Labute approximate surface area is 45.7 Å². The van der Waals surface area contributed by atoms with E-state index in [1.54, 1.807) is 0 Å². The van der Waals surface area contributed by atoms with Crippen molar-refractivity contribution in [2.45, 2.75) is 0 Å². The third kappa shape index (κ3) is 0.676. The topological polar surface area (TPSA) is 61.7 Å². The molecule has 8 heavy (non-hydrogen) atoms. The summed E-state index contributed by atoms with van der Waals surface area (Å²) in [6, 6.07) is 0. The highest BCUT2D eigenvalue weighted by Crippen LogP contribution is 2.00. The lowest BCUT2D eigenvalue weighted by Crippen LogP contribution is -2.15. The van der Waals surface area contributed by atoms with Gasteiger partial charge in [-0.3, -0.25) is 0 Å². The van der Waals surface area contributed by atoms with Crippen LogP contribution in [0.2, 0.25) is 0 Å². The number of allylic oxidation sites excluding steroid dienone is 1. The second kappa shape index (κ2) is 1.65. The van der Waals surface area contributed by atoms with Crippen LogP contribution in [-0.4, -0.2) is 10.2 Å². The molecule has 0 atom stereocenters. The van der Waals surface area contributed by atoms with E-state index in [4.69, 9.17) is 10.2 Å². The van der Waals surface area contributed by atoms with E-state index >= 15 is 0 Å². The monoisotopic (exact) mass is 115 g/mol. The number of hydrogen-bond acceptors (Lipinski definition) is 4. The van der Waals surface area contributed by atoms with Crippen molar-refractivity contribution in [1.29, 1.82) is 0 Å². The molecule has 0 aromatic heterocycles. The molecule has 0 amide bonds. The lowest BCUT2D eigenvalue weighted by Gasteiger charge is -2.06. The van der Waals surface area contributed by atoms with Crippen LogP contribution in [0.15, 0.2) is 24.0 Å². The molecule has 1 heterocycles. The first kappa shape index (κ1) is 4.83. The van der Waals surface area contributed by atoms with E-state index in [1.165, 1.54) is 12.3 Å². The van der Waals surface area contributed by atoms with E-state index < -0.39 is 0 Å². The number of hydrogen-bond donors (Lipinski definition) is 3. The van der Waals surface area contributed by atoms with Gasteiger partial charge in [0.25, 0.3) is 5.88 Å². The van der Waals surface area contributed by atoms with Crippen LogP contribution in [0.25, 0.3) is 0 Å². The zero-order valence-electron chi connectivity index (χ0n) is 3.96. The molecule has 0 aliphatic carbocycles. The minimum absolute atomic E-state index is 0.226. The number of hydroxylamine groups is 1. The van der Waals surface area contributed by atoms with E-state index in [2.05, 4.69) is 4.84 Å². The summed E-state index contributed by atoms with van der Waals surface area (Å²) >= 11 is 0. The van der Waals surface area contributed by atoms with Gasteiger partial charge in [-0.2, -0.15) is 5.48 Å². The van der Waals surface area contributed by atoms with Crippen LogP contribution in [0, 0.1) is 0 Å². The summed E-state index contributed by atoms with van der Waals surface area (Å²) in [5.41, 5.74) is 2.03. The molecule has 0 unspecified atom stereocenters. The molecule has 1 rings (SSSR count). The van der Waals surface area contributed by atoms with Gasteiger partial charge in [-0.05, 0) is 0 Å². The van der Waals surface area contributed by atoms with E-state index in [-0.39, 0.29) is 11.6 Å². The highest BCUT2D eigenvalue weighted by molar-refractivity contribution is 5.12. The molecule has 0 aromatic rings. The molecule has 0 bridgehead atoms. The molecule has 0 saturated heterocycles. The fraction of sp³-hybridized carbons (Fsp3) is 0. The van der Waals surface area contributed by atoms with Crippen LogP contribution in [0.5, 0.6) is 0 Å². The SMILES string of the molecule is OC1=C(O)NOC=C1. The highest BCUT2D eigenvalue weighted by Gasteiger charge is 2.02. The van der Waals surface area contributed by atoms with Crippen LogP contribution in [-0.2, 0) is 4.84 Å². The molecule has 44 valence electrons. The maximum Gasteiger partial charge on any atom is 0.261 e. The summed E-state index contributed by atoms with van der Waals surface area (Å²) in [4.78, 5) is 4.35. The number of rotatable bonds is 0. The third-order valence-electron chi connectivity index (χ3n) is 0.692. The first-order valence-electron chi connectivity index (χ1n) is 2.01. The number of nitrogens with one attached hydrogen (secondary N) is 1. The van der Waals surface area contributed by atoms with Crippen molar-refractivity contribution >= 4 is 0 Å². The summed E-state index contributed by atoms with van der Waals surface area (Å²) in [6.45, 7) is 0. The molecule has 0 fully saturated rings. The van der Waals surface area contributed by atoms with E-state index in [1.807, 2.05) is 5.48 Å². The molecule has 4 heteroatoms. The predicted molar refractivity (Wildman–Crippen MR) is 25.6 cm³/mol. The van der Waals surface area contributed by atoms with Crippen molar-refractivity contribution in [2.24, 2.45) is 0 Å². The predicted octanol–water partition coefficient (Wildman–Crippen LogP) is 0.320. The molecule has 1 aliphatic heterocycles. The Morgan fingerprint density at radius 2 is 2.25 bits per heavy atom. The average molecular weight is 115 g/mol. The minimum Gasteiger partial charge on any atom is -0.503 e. The summed E-state index contributed by atoms with van der Waals surface area (Å²) < 4.78 is 0. The zero-order chi connectivity index (χ0) is 5.98. The number of aliphatic hydroxyl groups excluding tert-OH is 2. The van der Waals surface area contributed by atoms with Gasteiger partial charge in [0.05, 0.1) is 0 Å². The third-order valence-corrected chi connectivity index (χ3v) is 0.692. The van der Waals surface area contributed by atoms with Crippen molar-refractivity contribution in [3.63, 3.8) is 0 Å². The zero-order valence-corrected chi connectivity index (χ0v) is 3.96. The molecule has 0 saturated carbocycles. The van der Waals surface area contributed by atoms with Gasteiger partial charge in [0, 0.05) is 6.08 Å². The molecule has 1 aliphatic rings. The minimum atomic E-state index is -0.368. The lowest BCUT2D eigenvalue weighted by molar-refractivity contribution is 0.0954. The smallest absolute Gasteiger partial charge is 0.261 e. The van der Waals surface area contributed by atoms with E-state index in [0.29, 0.717) is 0 Å². The Balaban J connectivity index is 2.76. The van der Waals surface area contributed by atoms with Crippen LogP contribution < -0.4 is 5.48 Å². The summed E-state index contributed by atoms with van der Waals surface area (Å²) in [5.74, 6) is -0.594. The quantitative estimate of drug-likeness (QED) is 0.425. The molecule has 0 aromatic carbocycles. The van der Waals surface area contributed by atoms with Crippen molar-refractivity contribution in [3.05, 3.63) is 24.0 Å². The van der Waals surface area contributed by atoms with Crippen LogP contribution >= 0.6 is 0 Å². The fourth-order valence-corrected chi connectivity index (χ4v) is 0.320. The second-order valence-corrected chi connectivity index (χ2v) is 1.26. The molecular formula is C4H5NO3. The van der Waals surface area contributed by atoms with Gasteiger partial charge in [-0.1, -0.05) is 0 Å². The van der Waals surface area contributed by atoms with Gasteiger partial charge in [0.2, 0.25) is 0 Å². The van der Waals surface area contributed by atoms with Crippen molar-refractivity contribution < 1.29 is 15.1 Å². The standard InChI is InChI=1S/C4H5NO3/c6-3-1-2-8-5-4(3)7/h1-2,5-7H. The Morgan fingerprint density at radius 1 is 1.50 bits per heavy atom. The highest BCUT2D eigenvalue weighted by atomic mass is 16.7. The normalized spacial score (nSPS) is 17.5. The van der Waals surface area contributed by atoms with Gasteiger partial charge < -0.3 is 15.1 Å². The van der Waals surface area contributed by atoms with Crippen molar-refractivity contribution in [1.82, 2.24) is 5.48 Å². The molecular weight excluding hydrogens is 110 g/mol. The molecule has 3 N–H and O–H groups in total. The largest absolute Gasteiger partial charge is 0.503 e. The first-order chi connectivity index (χ1) is 3.80. The summed E-state index contributed by atoms with van der Waals surface area (Å²) in [6.07, 6.45) is 2.45. The molecule has 4 nitrogen and oxygen atoms in total. The van der Waals surface area contributed by atoms with Crippen LogP contribution in [0.1, 0.15) is 0 Å². The van der Waals surface area contributed by atoms with Gasteiger partial charge in [-0.25, -0.2) is 0 Å². The summed E-state index contributed by atoms with van der Waals surface area (Å²) in [7, 11) is 0. The maximum atomic E-state index is 8.58. The Hall–Kier alpha value is -1.32. The van der Waals surface area contributed by atoms with Crippen LogP contribution in [0.4, 0.5) is 0 Å². The first-order valence-corrected chi connectivity index (χ1v) is 2.01. The Bertz CT molecular complexity index is 149. The van der Waals surface area contributed by atoms with Gasteiger partial charge in [0.15, 0.2) is 5.76 Å². The maximum absolute atomic E-state index is 8.58. The second-order valence-electron chi connectivity index (χ2n) is 1.26. The average Bonchev–Trinajstić information content (AvgIpc) is 1.77. The Morgan fingerprint density at radius 3 is 2.62 bits per heavy atom. The van der Waals surface area contributed by atoms with Gasteiger partial charge in [-0.15, -0.1) is 0 Å². The lowest BCUT2D eigenvalue weighted by atomic mass is 10.5. The van der Waals surface area contributed by atoms with E-state index in [9.17, 15) is 0 Å². The van der Waals surface area contributed by atoms with Crippen molar-refractivity contribution in [2.75, 3.05) is 0 Å². The van der Waals surface area contributed by atoms with Gasteiger partial charge in [0.1, 0.15) is 6.26 Å². The van der Waals surface area contributed by atoms with Crippen molar-refractivity contribution in [3.8, 4) is 0 Å². The Kier molecular flexibility index (Phi) is 0.997. The number of aliphatic hydroxyl groups is 2. The molecule has 0 spiro atoms. The fourth-order valence-electron chi connectivity index (χ4n) is 0.320. The van der Waals surface area contributed by atoms with Gasteiger partial charge >= 0.3 is 0 Å². The molecule has 0 radical (unpaired) electrons. The summed E-state index contributed by atoms with van der Waals surface area (Å²) in [5, 5.41) is 17.1.